The third-order valence-electron chi connectivity index (χ3n) is 5.25. The zero-order chi connectivity index (χ0) is 19.1. The van der Waals surface area contributed by atoms with Crippen LogP contribution in [0.2, 0.25) is 0 Å². The van der Waals surface area contributed by atoms with Crippen LogP contribution in [0.3, 0.4) is 0 Å². The van der Waals surface area contributed by atoms with Gasteiger partial charge in [-0.25, -0.2) is 0 Å². The SMILES string of the molecule is O=C(Nc1cccc(-c2cc3c(o2)CCN(C(=O)C2CC2)C3)c1)c1cccs1. The fraction of sp³-hybridized carbons (Fsp3) is 0.273. The lowest BCUT2D eigenvalue weighted by molar-refractivity contribution is -0.133. The van der Waals surface area contributed by atoms with Gasteiger partial charge in [-0.05, 0) is 42.5 Å². The van der Waals surface area contributed by atoms with E-state index in [1.165, 1.54) is 11.3 Å². The number of anilines is 1. The van der Waals surface area contributed by atoms with Crippen molar-refractivity contribution >= 4 is 28.8 Å². The van der Waals surface area contributed by atoms with Crippen molar-refractivity contribution in [3.8, 4) is 11.3 Å². The van der Waals surface area contributed by atoms with Gasteiger partial charge in [-0.3, -0.25) is 9.59 Å². The van der Waals surface area contributed by atoms with E-state index in [1.807, 2.05) is 46.7 Å². The van der Waals surface area contributed by atoms with E-state index in [-0.39, 0.29) is 17.7 Å². The molecular formula is C22H20N2O3S. The molecule has 142 valence electrons. The lowest BCUT2D eigenvalue weighted by atomic mass is 10.1. The molecule has 2 amide bonds. The first kappa shape index (κ1) is 17.3. The molecule has 1 N–H and O–H groups in total. The Morgan fingerprint density at radius 1 is 1.14 bits per heavy atom. The molecule has 1 saturated carbocycles. The lowest BCUT2D eigenvalue weighted by Gasteiger charge is -2.26. The standard InChI is InChI=1S/C22H20N2O3S/c25-21(20-5-2-10-28-20)23-17-4-1-3-15(11-17)19-12-16-13-24(9-8-18(16)27-19)22(26)14-6-7-14/h1-5,10-12,14H,6-9,13H2,(H,23,25). The normalized spacial score (nSPS) is 15.9. The number of rotatable bonds is 4. The third-order valence-corrected chi connectivity index (χ3v) is 6.12. The Morgan fingerprint density at radius 2 is 2.04 bits per heavy atom. The van der Waals surface area contributed by atoms with Crippen molar-refractivity contribution in [2.45, 2.75) is 25.8 Å². The summed E-state index contributed by atoms with van der Waals surface area (Å²) in [4.78, 5) is 27.3. The van der Waals surface area contributed by atoms with Gasteiger partial charge < -0.3 is 14.6 Å². The van der Waals surface area contributed by atoms with Crippen LogP contribution in [0.5, 0.6) is 0 Å². The largest absolute Gasteiger partial charge is 0.461 e. The van der Waals surface area contributed by atoms with Gasteiger partial charge in [-0.2, -0.15) is 0 Å². The summed E-state index contributed by atoms with van der Waals surface area (Å²) in [6.45, 7) is 1.36. The van der Waals surface area contributed by atoms with E-state index in [2.05, 4.69) is 5.32 Å². The molecule has 3 heterocycles. The molecule has 2 aliphatic rings. The zero-order valence-electron chi connectivity index (χ0n) is 15.3. The summed E-state index contributed by atoms with van der Waals surface area (Å²) < 4.78 is 6.08. The number of carbonyl (C=O) groups is 2. The van der Waals surface area contributed by atoms with E-state index in [0.717, 1.165) is 54.1 Å². The van der Waals surface area contributed by atoms with Gasteiger partial charge in [0.05, 0.1) is 4.88 Å². The maximum absolute atomic E-state index is 12.3. The van der Waals surface area contributed by atoms with E-state index in [9.17, 15) is 9.59 Å². The van der Waals surface area contributed by atoms with Crippen molar-refractivity contribution in [3.63, 3.8) is 0 Å². The number of carbonyl (C=O) groups excluding carboxylic acids is 2. The first-order valence-corrected chi connectivity index (χ1v) is 10.4. The predicted molar refractivity (Wildman–Crippen MR) is 108 cm³/mol. The smallest absolute Gasteiger partial charge is 0.265 e. The van der Waals surface area contributed by atoms with E-state index in [4.69, 9.17) is 4.42 Å². The summed E-state index contributed by atoms with van der Waals surface area (Å²) in [5, 5.41) is 4.82. The third kappa shape index (κ3) is 3.36. The lowest BCUT2D eigenvalue weighted by Crippen LogP contribution is -2.36. The van der Waals surface area contributed by atoms with E-state index in [1.54, 1.807) is 6.07 Å². The summed E-state index contributed by atoms with van der Waals surface area (Å²) in [7, 11) is 0. The number of thiophene rings is 1. The van der Waals surface area contributed by atoms with Crippen molar-refractivity contribution in [1.29, 1.82) is 0 Å². The fourth-order valence-electron chi connectivity index (χ4n) is 3.60. The molecule has 6 heteroatoms. The Bertz CT molecular complexity index is 1030. The average molecular weight is 392 g/mol. The average Bonchev–Trinajstić information content (AvgIpc) is 3.24. The molecule has 2 aromatic heterocycles. The number of fused-ring (bicyclic) bond motifs is 1. The van der Waals surface area contributed by atoms with Crippen LogP contribution >= 0.6 is 11.3 Å². The quantitative estimate of drug-likeness (QED) is 0.708. The highest BCUT2D eigenvalue weighted by Gasteiger charge is 2.35. The highest BCUT2D eigenvalue weighted by Crippen LogP contribution is 2.35. The second kappa shape index (κ2) is 6.95. The van der Waals surface area contributed by atoms with Crippen LogP contribution in [-0.2, 0) is 17.8 Å². The number of hydrogen-bond acceptors (Lipinski definition) is 4. The van der Waals surface area contributed by atoms with Crippen LogP contribution in [0, 0.1) is 5.92 Å². The number of furan rings is 1. The van der Waals surface area contributed by atoms with Crippen LogP contribution < -0.4 is 5.32 Å². The van der Waals surface area contributed by atoms with Crippen molar-refractivity contribution in [2.75, 3.05) is 11.9 Å². The molecule has 1 aromatic carbocycles. The molecule has 1 fully saturated rings. The Hall–Kier alpha value is -2.86. The first-order valence-electron chi connectivity index (χ1n) is 9.53. The summed E-state index contributed by atoms with van der Waals surface area (Å²) in [6, 6.07) is 13.4. The number of nitrogens with one attached hydrogen (secondary N) is 1. The minimum absolute atomic E-state index is 0.111. The van der Waals surface area contributed by atoms with Gasteiger partial charge in [0.15, 0.2) is 0 Å². The highest BCUT2D eigenvalue weighted by atomic mass is 32.1. The summed E-state index contributed by atoms with van der Waals surface area (Å²) in [5.41, 5.74) is 2.73. The van der Waals surface area contributed by atoms with E-state index in [0.29, 0.717) is 11.4 Å². The molecule has 0 spiro atoms. The molecule has 3 aromatic rings. The molecule has 0 atom stereocenters. The minimum Gasteiger partial charge on any atom is -0.461 e. The predicted octanol–water partition coefficient (Wildman–Crippen LogP) is 4.56. The van der Waals surface area contributed by atoms with Gasteiger partial charge in [0.2, 0.25) is 5.91 Å². The van der Waals surface area contributed by atoms with Gasteiger partial charge >= 0.3 is 0 Å². The Morgan fingerprint density at radius 3 is 2.82 bits per heavy atom. The van der Waals surface area contributed by atoms with Gasteiger partial charge in [0, 0.05) is 42.2 Å². The molecule has 28 heavy (non-hydrogen) atoms. The molecule has 5 nitrogen and oxygen atoms in total. The van der Waals surface area contributed by atoms with E-state index >= 15 is 0 Å². The molecule has 1 aliphatic heterocycles. The molecule has 5 rings (SSSR count). The maximum Gasteiger partial charge on any atom is 0.265 e. The summed E-state index contributed by atoms with van der Waals surface area (Å²) in [6.07, 6.45) is 2.81. The minimum atomic E-state index is -0.111. The molecule has 0 radical (unpaired) electrons. The van der Waals surface area contributed by atoms with Gasteiger partial charge in [0.1, 0.15) is 11.5 Å². The molecule has 0 unspecified atom stereocenters. The van der Waals surface area contributed by atoms with Crippen LogP contribution in [0.25, 0.3) is 11.3 Å². The number of nitrogens with zero attached hydrogens (tertiary/aromatic N) is 1. The van der Waals surface area contributed by atoms with Crippen molar-refractivity contribution in [2.24, 2.45) is 5.92 Å². The molecule has 0 saturated heterocycles. The van der Waals surface area contributed by atoms with Gasteiger partial charge in [0.25, 0.3) is 5.91 Å². The van der Waals surface area contributed by atoms with Gasteiger partial charge in [-0.15, -0.1) is 11.3 Å². The second-order valence-corrected chi connectivity index (χ2v) is 8.30. The topological polar surface area (TPSA) is 62.6 Å². The second-order valence-electron chi connectivity index (χ2n) is 7.36. The highest BCUT2D eigenvalue weighted by molar-refractivity contribution is 7.12. The number of amides is 2. The monoisotopic (exact) mass is 392 g/mol. The van der Waals surface area contributed by atoms with Crippen molar-refractivity contribution in [1.82, 2.24) is 4.90 Å². The number of hydrogen-bond donors (Lipinski definition) is 1. The van der Waals surface area contributed by atoms with E-state index < -0.39 is 0 Å². The Kier molecular flexibility index (Phi) is 4.28. The van der Waals surface area contributed by atoms with Crippen LogP contribution in [0.1, 0.15) is 33.8 Å². The van der Waals surface area contributed by atoms with Crippen molar-refractivity contribution in [3.05, 3.63) is 64.0 Å². The van der Waals surface area contributed by atoms with Gasteiger partial charge in [-0.1, -0.05) is 18.2 Å². The van der Waals surface area contributed by atoms with Crippen LogP contribution in [-0.4, -0.2) is 23.3 Å². The summed E-state index contributed by atoms with van der Waals surface area (Å²) >= 11 is 1.42. The Labute approximate surface area is 167 Å². The maximum atomic E-state index is 12.3. The zero-order valence-corrected chi connectivity index (χ0v) is 16.1. The fourth-order valence-corrected chi connectivity index (χ4v) is 4.22. The van der Waals surface area contributed by atoms with Crippen LogP contribution in [0.4, 0.5) is 5.69 Å². The summed E-state index contributed by atoms with van der Waals surface area (Å²) in [5.74, 6) is 2.16. The van der Waals surface area contributed by atoms with Crippen LogP contribution in [0.15, 0.2) is 52.3 Å². The molecule has 1 aliphatic carbocycles. The molecular weight excluding hydrogens is 372 g/mol. The molecule has 0 bridgehead atoms. The first-order chi connectivity index (χ1) is 13.7. The number of benzene rings is 1. The Balaban J connectivity index is 1.34. The van der Waals surface area contributed by atoms with Crippen molar-refractivity contribution < 1.29 is 14.0 Å².